The standard InChI is InChI=1S/C22H28ClN3O3/c1-14(2)29-20-7-5-4-6-15(20)17-11-26(9-8-24-17)19-13-28-12-18-16(19)10-21(27-3)22(23)25-18/h4-7,10,14,17,19,24H,8-9,11-13H2,1-3H3/t17-,19?/m0/s1. The number of hydrogen-bond donors (Lipinski definition) is 1. The summed E-state index contributed by atoms with van der Waals surface area (Å²) in [6.45, 7) is 7.91. The Hall–Kier alpha value is -1.86. The number of methoxy groups -OCH3 is 1. The smallest absolute Gasteiger partial charge is 0.171 e. The monoisotopic (exact) mass is 417 g/mol. The van der Waals surface area contributed by atoms with Gasteiger partial charge in [0.05, 0.1) is 38.2 Å². The second-order valence-electron chi connectivity index (χ2n) is 7.75. The predicted molar refractivity (Wildman–Crippen MR) is 113 cm³/mol. The van der Waals surface area contributed by atoms with Crippen molar-refractivity contribution in [2.24, 2.45) is 0 Å². The summed E-state index contributed by atoms with van der Waals surface area (Å²) in [7, 11) is 1.62. The van der Waals surface area contributed by atoms with Crippen molar-refractivity contribution in [1.29, 1.82) is 0 Å². The molecule has 0 saturated carbocycles. The van der Waals surface area contributed by atoms with Crippen molar-refractivity contribution in [3.05, 3.63) is 52.3 Å². The molecule has 6 nitrogen and oxygen atoms in total. The van der Waals surface area contributed by atoms with Gasteiger partial charge in [-0.1, -0.05) is 29.8 Å². The van der Waals surface area contributed by atoms with E-state index in [-0.39, 0.29) is 18.2 Å². The van der Waals surface area contributed by atoms with Crippen LogP contribution in [-0.2, 0) is 11.3 Å². The molecule has 7 heteroatoms. The molecule has 2 aromatic rings. The largest absolute Gasteiger partial charge is 0.494 e. The van der Waals surface area contributed by atoms with Crippen LogP contribution >= 0.6 is 11.6 Å². The number of piperazine rings is 1. The summed E-state index contributed by atoms with van der Waals surface area (Å²) in [4.78, 5) is 6.97. The fraction of sp³-hybridized carbons (Fsp3) is 0.500. The maximum atomic E-state index is 6.23. The van der Waals surface area contributed by atoms with Crippen LogP contribution in [0.1, 0.15) is 42.8 Å². The second-order valence-corrected chi connectivity index (χ2v) is 8.11. The van der Waals surface area contributed by atoms with E-state index in [0.29, 0.717) is 24.1 Å². The van der Waals surface area contributed by atoms with Crippen molar-refractivity contribution in [3.8, 4) is 11.5 Å². The lowest BCUT2D eigenvalue weighted by atomic mass is 9.97. The highest BCUT2D eigenvalue weighted by Crippen LogP contribution is 2.36. The van der Waals surface area contributed by atoms with Crippen molar-refractivity contribution >= 4 is 11.6 Å². The minimum Gasteiger partial charge on any atom is -0.494 e. The molecule has 1 unspecified atom stereocenters. The van der Waals surface area contributed by atoms with E-state index in [1.165, 1.54) is 5.56 Å². The summed E-state index contributed by atoms with van der Waals surface area (Å²) in [5.74, 6) is 1.55. The third-order valence-electron chi connectivity index (χ3n) is 5.45. The van der Waals surface area contributed by atoms with Crippen molar-refractivity contribution < 1.29 is 14.2 Å². The van der Waals surface area contributed by atoms with Gasteiger partial charge in [-0.2, -0.15) is 0 Å². The summed E-state index contributed by atoms with van der Waals surface area (Å²) in [6.07, 6.45) is 0.137. The fourth-order valence-electron chi connectivity index (χ4n) is 4.12. The van der Waals surface area contributed by atoms with Crippen LogP contribution in [0.4, 0.5) is 0 Å². The first-order valence-corrected chi connectivity index (χ1v) is 10.5. The number of nitrogens with one attached hydrogen (secondary N) is 1. The topological polar surface area (TPSA) is 55.9 Å². The molecule has 3 heterocycles. The van der Waals surface area contributed by atoms with Gasteiger partial charge in [0.15, 0.2) is 10.9 Å². The van der Waals surface area contributed by atoms with Gasteiger partial charge in [0.2, 0.25) is 0 Å². The van der Waals surface area contributed by atoms with E-state index in [9.17, 15) is 0 Å². The highest BCUT2D eigenvalue weighted by Gasteiger charge is 2.33. The van der Waals surface area contributed by atoms with Gasteiger partial charge < -0.3 is 19.5 Å². The summed E-state index contributed by atoms with van der Waals surface area (Å²) < 4.78 is 17.3. The molecule has 0 bridgehead atoms. The maximum absolute atomic E-state index is 6.23. The first kappa shape index (κ1) is 20.4. The molecule has 1 fully saturated rings. The zero-order chi connectivity index (χ0) is 20.4. The SMILES string of the molecule is COc1cc2c(nc1Cl)COCC2N1CCN[C@H](c2ccccc2OC(C)C)C1. The number of pyridine rings is 1. The number of para-hydroxylation sites is 1. The molecule has 1 N–H and O–H groups in total. The van der Waals surface area contributed by atoms with Gasteiger partial charge in [0.1, 0.15) is 5.75 Å². The van der Waals surface area contributed by atoms with Gasteiger partial charge in [-0.15, -0.1) is 0 Å². The lowest BCUT2D eigenvalue weighted by Gasteiger charge is -2.41. The van der Waals surface area contributed by atoms with Gasteiger partial charge in [0.25, 0.3) is 0 Å². The van der Waals surface area contributed by atoms with Crippen LogP contribution in [-0.4, -0.2) is 49.3 Å². The molecular formula is C22H28ClN3O3. The Morgan fingerprint density at radius 2 is 2.07 bits per heavy atom. The Morgan fingerprint density at radius 3 is 2.86 bits per heavy atom. The summed E-state index contributed by atoms with van der Waals surface area (Å²) in [6, 6.07) is 10.6. The average Bonchev–Trinajstić information content (AvgIpc) is 2.73. The highest BCUT2D eigenvalue weighted by molar-refractivity contribution is 6.30. The van der Waals surface area contributed by atoms with E-state index in [4.69, 9.17) is 25.8 Å². The van der Waals surface area contributed by atoms with Crippen LogP contribution in [0.15, 0.2) is 30.3 Å². The molecule has 4 rings (SSSR count). The average molecular weight is 418 g/mol. The van der Waals surface area contributed by atoms with Gasteiger partial charge in [-0.05, 0) is 31.5 Å². The molecule has 1 saturated heterocycles. The van der Waals surface area contributed by atoms with Gasteiger partial charge in [-0.3, -0.25) is 4.90 Å². The fourth-order valence-corrected chi connectivity index (χ4v) is 4.36. The molecule has 2 aliphatic rings. The number of benzene rings is 1. The van der Waals surface area contributed by atoms with Crippen molar-refractivity contribution in [3.63, 3.8) is 0 Å². The minimum atomic E-state index is 0.125. The lowest BCUT2D eigenvalue weighted by Crippen LogP contribution is -2.49. The van der Waals surface area contributed by atoms with Gasteiger partial charge in [-0.25, -0.2) is 4.98 Å². The van der Waals surface area contributed by atoms with Crippen LogP contribution < -0.4 is 14.8 Å². The van der Waals surface area contributed by atoms with Crippen LogP contribution in [0.2, 0.25) is 5.15 Å². The maximum Gasteiger partial charge on any atom is 0.171 e. The molecule has 0 amide bonds. The molecule has 29 heavy (non-hydrogen) atoms. The highest BCUT2D eigenvalue weighted by atomic mass is 35.5. The van der Waals surface area contributed by atoms with Crippen LogP contribution in [0.5, 0.6) is 11.5 Å². The molecule has 0 radical (unpaired) electrons. The summed E-state index contributed by atoms with van der Waals surface area (Å²) in [5.41, 5.74) is 3.23. The van der Waals surface area contributed by atoms with Gasteiger partial charge >= 0.3 is 0 Å². The Kier molecular flexibility index (Phi) is 6.25. The number of rotatable bonds is 5. The minimum absolute atomic E-state index is 0.125. The van der Waals surface area contributed by atoms with Crippen molar-refractivity contribution in [2.75, 3.05) is 33.4 Å². The zero-order valence-electron chi connectivity index (χ0n) is 17.2. The Balaban J connectivity index is 1.59. The first-order valence-electron chi connectivity index (χ1n) is 10.1. The van der Waals surface area contributed by atoms with Gasteiger partial charge in [0, 0.05) is 31.2 Å². The van der Waals surface area contributed by atoms with E-state index in [1.54, 1.807) is 7.11 Å². The zero-order valence-corrected chi connectivity index (χ0v) is 17.9. The number of hydrogen-bond acceptors (Lipinski definition) is 6. The molecule has 0 spiro atoms. The first-order chi connectivity index (χ1) is 14.1. The predicted octanol–water partition coefficient (Wildman–Crippen LogP) is 3.75. The van der Waals surface area contributed by atoms with E-state index >= 15 is 0 Å². The molecular weight excluding hydrogens is 390 g/mol. The third kappa shape index (κ3) is 4.36. The number of aromatic nitrogens is 1. The Labute approximate surface area is 177 Å². The number of halogens is 1. The Bertz CT molecular complexity index is 861. The van der Waals surface area contributed by atoms with E-state index in [0.717, 1.165) is 36.6 Å². The molecule has 1 aromatic heterocycles. The Morgan fingerprint density at radius 1 is 1.24 bits per heavy atom. The van der Waals surface area contributed by atoms with E-state index in [2.05, 4.69) is 41.2 Å². The van der Waals surface area contributed by atoms with Crippen LogP contribution in [0, 0.1) is 0 Å². The van der Waals surface area contributed by atoms with Crippen LogP contribution in [0.3, 0.4) is 0 Å². The molecule has 2 aliphatic heterocycles. The molecule has 156 valence electrons. The van der Waals surface area contributed by atoms with E-state index in [1.807, 2.05) is 18.2 Å². The van der Waals surface area contributed by atoms with Crippen molar-refractivity contribution in [2.45, 2.75) is 38.6 Å². The second kappa shape index (κ2) is 8.88. The lowest BCUT2D eigenvalue weighted by molar-refractivity contribution is 0.0182. The number of ether oxygens (including phenoxy) is 3. The summed E-state index contributed by atoms with van der Waals surface area (Å²) in [5, 5.41) is 4.03. The molecule has 2 atom stereocenters. The summed E-state index contributed by atoms with van der Waals surface area (Å²) >= 11 is 6.23. The van der Waals surface area contributed by atoms with Crippen LogP contribution in [0.25, 0.3) is 0 Å². The normalized spacial score (nSPS) is 22.4. The molecule has 1 aromatic carbocycles. The third-order valence-corrected chi connectivity index (χ3v) is 5.73. The van der Waals surface area contributed by atoms with Crippen molar-refractivity contribution in [1.82, 2.24) is 15.2 Å². The van der Waals surface area contributed by atoms with E-state index < -0.39 is 0 Å². The quantitative estimate of drug-likeness (QED) is 0.748. The molecule has 0 aliphatic carbocycles. The number of fused-ring (bicyclic) bond motifs is 1. The number of nitrogens with zero attached hydrogens (tertiary/aromatic N) is 2.